The SMILES string of the molecule is COC(=O)Nc1cnc(C(=O)N[C@@H](Cc2ccccc2)C(=O)N2CCC[C@@]3(C2)OC(=O)Nc2ccc(Cl)c(F)c23)nc1. The molecule has 2 aromatic carbocycles. The normalized spacial score (nSPS) is 18.3. The zero-order valence-electron chi connectivity index (χ0n) is 22.4. The van der Waals surface area contributed by atoms with Crippen LogP contribution in [0.15, 0.2) is 54.9 Å². The average Bonchev–Trinajstić information content (AvgIpc) is 2.99. The number of amides is 4. The van der Waals surface area contributed by atoms with E-state index in [1.165, 1.54) is 36.5 Å². The molecule has 14 heteroatoms. The van der Waals surface area contributed by atoms with Crippen molar-refractivity contribution in [1.29, 1.82) is 0 Å². The third-order valence-corrected chi connectivity index (χ3v) is 7.31. The van der Waals surface area contributed by atoms with Crippen LogP contribution < -0.4 is 16.0 Å². The van der Waals surface area contributed by atoms with E-state index >= 15 is 4.39 Å². The van der Waals surface area contributed by atoms with Crippen LogP contribution in [0.1, 0.15) is 34.6 Å². The highest BCUT2D eigenvalue weighted by Crippen LogP contribution is 2.45. The van der Waals surface area contributed by atoms with E-state index in [1.807, 2.05) is 30.3 Å². The third kappa shape index (κ3) is 5.96. The Morgan fingerprint density at radius 3 is 2.64 bits per heavy atom. The minimum absolute atomic E-state index is 0.0739. The van der Waals surface area contributed by atoms with Crippen LogP contribution >= 0.6 is 11.6 Å². The number of benzene rings is 2. The van der Waals surface area contributed by atoms with E-state index in [2.05, 4.69) is 30.7 Å². The van der Waals surface area contributed by atoms with Gasteiger partial charge in [0.05, 0.1) is 48.0 Å². The van der Waals surface area contributed by atoms with Crippen LogP contribution in [0.25, 0.3) is 0 Å². The molecule has 3 aromatic rings. The predicted octanol–water partition coefficient (Wildman–Crippen LogP) is 3.87. The minimum Gasteiger partial charge on any atom is -0.453 e. The number of nitrogens with zero attached hydrogens (tertiary/aromatic N) is 3. The van der Waals surface area contributed by atoms with Gasteiger partial charge in [0.25, 0.3) is 5.91 Å². The summed E-state index contributed by atoms with van der Waals surface area (Å²) in [4.78, 5) is 60.4. The number of rotatable bonds is 6. The summed E-state index contributed by atoms with van der Waals surface area (Å²) in [5.74, 6) is -2.16. The number of piperidine rings is 1. The number of hydrogen-bond acceptors (Lipinski definition) is 8. The van der Waals surface area contributed by atoms with E-state index < -0.39 is 41.5 Å². The molecule has 218 valence electrons. The molecule has 42 heavy (non-hydrogen) atoms. The zero-order chi connectivity index (χ0) is 29.9. The van der Waals surface area contributed by atoms with Gasteiger partial charge in [0.1, 0.15) is 6.04 Å². The van der Waals surface area contributed by atoms with Gasteiger partial charge in [0.2, 0.25) is 11.7 Å². The minimum atomic E-state index is -1.46. The first-order valence-electron chi connectivity index (χ1n) is 13.0. The Morgan fingerprint density at radius 1 is 1.19 bits per heavy atom. The summed E-state index contributed by atoms with van der Waals surface area (Å²) in [6.45, 7) is 0.143. The first-order valence-corrected chi connectivity index (χ1v) is 13.4. The van der Waals surface area contributed by atoms with Gasteiger partial charge in [-0.25, -0.2) is 23.9 Å². The van der Waals surface area contributed by atoms with E-state index in [0.29, 0.717) is 6.42 Å². The Bertz CT molecular complexity index is 1530. The van der Waals surface area contributed by atoms with Crippen LogP contribution in [0.5, 0.6) is 0 Å². The van der Waals surface area contributed by atoms with Crippen molar-refractivity contribution in [3.63, 3.8) is 0 Å². The van der Waals surface area contributed by atoms with Gasteiger partial charge in [-0.1, -0.05) is 41.9 Å². The zero-order valence-corrected chi connectivity index (χ0v) is 23.1. The average molecular weight is 597 g/mol. The van der Waals surface area contributed by atoms with Crippen LogP contribution in [0.4, 0.5) is 25.4 Å². The molecule has 0 unspecified atom stereocenters. The molecule has 2 aliphatic heterocycles. The van der Waals surface area contributed by atoms with Crippen LogP contribution in [0, 0.1) is 5.82 Å². The smallest absolute Gasteiger partial charge is 0.412 e. The molecule has 12 nitrogen and oxygen atoms in total. The molecule has 0 aliphatic carbocycles. The maximum atomic E-state index is 15.3. The van der Waals surface area contributed by atoms with E-state index in [1.54, 1.807) is 0 Å². The standard InChI is InChI=1S/C28H26ClFN6O6/c1-41-26(39)33-17-13-31-23(32-14-17)24(37)34-20(12-16-6-3-2-4-7-16)25(38)36-11-5-10-28(15-36)21-19(35-27(40)42-28)9-8-18(29)22(21)30/h2-4,6-9,13-14,20H,5,10-12,15H2,1H3,(H,33,39)(H,34,37)(H,35,40)/t20-,28-/m0/s1. The van der Waals surface area contributed by atoms with Gasteiger partial charge in [-0.05, 0) is 30.5 Å². The number of carbonyl (C=O) groups is 4. The molecule has 0 bridgehead atoms. The summed E-state index contributed by atoms with van der Waals surface area (Å²) in [6.07, 6.45) is 1.75. The van der Waals surface area contributed by atoms with Gasteiger partial charge in [-0.2, -0.15) is 0 Å². The number of hydrogen-bond donors (Lipinski definition) is 3. The van der Waals surface area contributed by atoms with Gasteiger partial charge >= 0.3 is 12.2 Å². The number of aromatic nitrogens is 2. The molecule has 4 amide bonds. The third-order valence-electron chi connectivity index (χ3n) is 7.01. The van der Waals surface area contributed by atoms with Crippen LogP contribution in [-0.4, -0.2) is 65.1 Å². The molecule has 3 heterocycles. The molecule has 1 spiro atoms. The second-order valence-corrected chi connectivity index (χ2v) is 10.2. The van der Waals surface area contributed by atoms with E-state index in [9.17, 15) is 19.2 Å². The van der Waals surface area contributed by atoms with Gasteiger partial charge < -0.3 is 19.7 Å². The molecular weight excluding hydrogens is 571 g/mol. The molecule has 0 radical (unpaired) electrons. The monoisotopic (exact) mass is 596 g/mol. The Kier molecular flexibility index (Phi) is 8.20. The number of anilines is 2. The van der Waals surface area contributed by atoms with Gasteiger partial charge in [0, 0.05) is 13.0 Å². The Balaban J connectivity index is 1.40. The van der Waals surface area contributed by atoms with Gasteiger partial charge in [0.15, 0.2) is 11.4 Å². The van der Waals surface area contributed by atoms with Crippen LogP contribution in [-0.2, 0) is 26.3 Å². The summed E-state index contributed by atoms with van der Waals surface area (Å²) in [5, 5.41) is 7.45. The van der Waals surface area contributed by atoms with E-state index in [0.717, 1.165) is 5.56 Å². The molecule has 2 aliphatic rings. The van der Waals surface area contributed by atoms with Crippen molar-refractivity contribution < 1.29 is 33.0 Å². The van der Waals surface area contributed by atoms with Crippen molar-refractivity contribution in [3.8, 4) is 0 Å². The fourth-order valence-corrected chi connectivity index (χ4v) is 5.29. The number of fused-ring (bicyclic) bond motifs is 2. The van der Waals surface area contributed by atoms with Crippen molar-refractivity contribution in [3.05, 3.63) is 82.6 Å². The fourth-order valence-electron chi connectivity index (χ4n) is 5.13. The summed E-state index contributed by atoms with van der Waals surface area (Å²) < 4.78 is 25.5. The first kappa shape index (κ1) is 28.7. The lowest BCUT2D eigenvalue weighted by Crippen LogP contribution is -2.58. The van der Waals surface area contributed by atoms with Crippen molar-refractivity contribution in [1.82, 2.24) is 20.2 Å². The summed E-state index contributed by atoms with van der Waals surface area (Å²) in [7, 11) is 1.20. The fraction of sp³-hybridized carbons (Fsp3) is 0.286. The highest BCUT2D eigenvalue weighted by atomic mass is 35.5. The first-order chi connectivity index (χ1) is 20.2. The second-order valence-electron chi connectivity index (χ2n) is 9.78. The molecule has 3 N–H and O–H groups in total. The van der Waals surface area contributed by atoms with Crippen LogP contribution in [0.3, 0.4) is 0 Å². The molecule has 2 atom stereocenters. The number of carbonyl (C=O) groups excluding carboxylic acids is 4. The van der Waals surface area contributed by atoms with Crippen LogP contribution in [0.2, 0.25) is 5.02 Å². The number of halogens is 2. The van der Waals surface area contributed by atoms with Crippen molar-refractivity contribution in [2.45, 2.75) is 30.9 Å². The van der Waals surface area contributed by atoms with Crippen molar-refractivity contribution in [2.75, 3.05) is 30.8 Å². The highest BCUT2D eigenvalue weighted by Gasteiger charge is 2.49. The maximum absolute atomic E-state index is 15.3. The second kappa shape index (κ2) is 12.0. The Hall–Kier alpha value is -4.78. The molecular formula is C28H26ClFN6O6. The molecule has 1 aromatic heterocycles. The summed E-state index contributed by atoms with van der Waals surface area (Å²) in [6, 6.07) is 10.8. The molecule has 1 fully saturated rings. The van der Waals surface area contributed by atoms with E-state index in [4.69, 9.17) is 16.3 Å². The molecule has 5 rings (SSSR count). The van der Waals surface area contributed by atoms with Crippen molar-refractivity contribution in [2.24, 2.45) is 0 Å². The lowest BCUT2D eigenvalue weighted by Gasteiger charge is -2.45. The highest BCUT2D eigenvalue weighted by molar-refractivity contribution is 6.31. The van der Waals surface area contributed by atoms with Crippen molar-refractivity contribution >= 4 is 47.0 Å². The lowest BCUT2D eigenvalue weighted by molar-refractivity contribution is -0.141. The Labute approximate surface area is 244 Å². The Morgan fingerprint density at radius 2 is 1.93 bits per heavy atom. The maximum Gasteiger partial charge on any atom is 0.412 e. The molecule has 1 saturated heterocycles. The lowest BCUT2D eigenvalue weighted by atomic mass is 9.82. The van der Waals surface area contributed by atoms with Gasteiger partial charge in [-0.3, -0.25) is 20.2 Å². The molecule has 0 saturated carbocycles. The number of methoxy groups -OCH3 is 1. The quantitative estimate of drug-likeness (QED) is 0.388. The topological polar surface area (TPSA) is 152 Å². The van der Waals surface area contributed by atoms with Gasteiger partial charge in [-0.15, -0.1) is 0 Å². The largest absolute Gasteiger partial charge is 0.453 e. The number of nitrogens with one attached hydrogen (secondary N) is 3. The number of ether oxygens (including phenoxy) is 2. The summed E-state index contributed by atoms with van der Waals surface area (Å²) in [5.41, 5.74) is -0.187. The van der Waals surface area contributed by atoms with E-state index in [-0.39, 0.29) is 53.7 Å². The predicted molar refractivity (Wildman–Crippen MR) is 148 cm³/mol. The number of likely N-dealkylation sites (tertiary alicyclic amines) is 1. The summed E-state index contributed by atoms with van der Waals surface area (Å²) >= 11 is 6.07.